The Bertz CT molecular complexity index is 726. The first kappa shape index (κ1) is 19.3. The fourth-order valence-corrected chi connectivity index (χ4v) is 2.68. The summed E-state index contributed by atoms with van der Waals surface area (Å²) >= 11 is 3.44. The molecule has 2 aromatic rings. The third-order valence-corrected chi connectivity index (χ3v) is 4.56. The molecule has 0 saturated heterocycles. The van der Waals surface area contributed by atoms with Gasteiger partial charge in [-0.25, -0.2) is 0 Å². The first-order valence-electron chi connectivity index (χ1n) is 8.12. The second-order valence-electron chi connectivity index (χ2n) is 6.61. The number of aryl methyl sites for hydroxylation is 1. The van der Waals surface area contributed by atoms with Gasteiger partial charge in [0.2, 0.25) is 0 Å². The molecule has 1 amide bonds. The van der Waals surface area contributed by atoms with Crippen LogP contribution >= 0.6 is 15.9 Å². The molecule has 0 atom stereocenters. The van der Waals surface area contributed by atoms with Crippen molar-refractivity contribution in [2.45, 2.75) is 26.2 Å². The first-order valence-corrected chi connectivity index (χ1v) is 8.91. The molecule has 5 heteroatoms. The Morgan fingerprint density at radius 3 is 2.44 bits per heavy atom. The third-order valence-electron chi connectivity index (χ3n) is 4.03. The molecule has 0 radical (unpaired) electrons. The van der Waals surface area contributed by atoms with Gasteiger partial charge in [0.05, 0.1) is 7.11 Å². The van der Waals surface area contributed by atoms with Crippen LogP contribution in [0.4, 0.5) is 0 Å². The topological polar surface area (TPSA) is 47.6 Å². The molecule has 0 spiro atoms. The molecule has 0 saturated carbocycles. The number of carbonyl (C=O) groups is 1. The van der Waals surface area contributed by atoms with E-state index in [1.54, 1.807) is 7.11 Å². The Kier molecular flexibility index (Phi) is 6.48. The van der Waals surface area contributed by atoms with Gasteiger partial charge in [-0.15, -0.1) is 0 Å². The molecule has 0 unspecified atom stereocenters. The Labute approximate surface area is 157 Å². The van der Waals surface area contributed by atoms with Crippen molar-refractivity contribution < 1.29 is 14.3 Å². The molecule has 0 aliphatic carbocycles. The van der Waals surface area contributed by atoms with Crippen LogP contribution in [0.25, 0.3) is 0 Å². The van der Waals surface area contributed by atoms with E-state index >= 15 is 0 Å². The van der Waals surface area contributed by atoms with Crippen LogP contribution in [-0.2, 0) is 10.2 Å². The third kappa shape index (κ3) is 5.49. The van der Waals surface area contributed by atoms with Crippen molar-refractivity contribution in [3.05, 3.63) is 58.1 Å². The number of benzene rings is 2. The molecule has 2 aromatic carbocycles. The van der Waals surface area contributed by atoms with Crippen LogP contribution in [0.3, 0.4) is 0 Å². The summed E-state index contributed by atoms with van der Waals surface area (Å²) in [5.41, 5.74) is 2.07. The maximum atomic E-state index is 12.1. The van der Waals surface area contributed by atoms with Crippen molar-refractivity contribution in [3.63, 3.8) is 0 Å². The number of nitrogens with one attached hydrogen (secondary N) is 1. The van der Waals surface area contributed by atoms with E-state index in [-0.39, 0.29) is 17.9 Å². The van der Waals surface area contributed by atoms with Gasteiger partial charge >= 0.3 is 0 Å². The van der Waals surface area contributed by atoms with E-state index in [1.807, 2.05) is 37.3 Å². The maximum absolute atomic E-state index is 12.1. The lowest BCUT2D eigenvalue weighted by Gasteiger charge is -2.25. The largest absolute Gasteiger partial charge is 0.493 e. The fourth-order valence-electron chi connectivity index (χ4n) is 2.41. The van der Waals surface area contributed by atoms with Gasteiger partial charge in [-0.2, -0.15) is 0 Å². The predicted molar refractivity (Wildman–Crippen MR) is 103 cm³/mol. The van der Waals surface area contributed by atoms with Gasteiger partial charge in [-0.05, 0) is 42.3 Å². The number of hydrogen-bond acceptors (Lipinski definition) is 3. The SMILES string of the molecule is COc1cc(C)ccc1OCC(=O)NCC(C)(C)c1ccc(Br)cc1. The minimum Gasteiger partial charge on any atom is -0.493 e. The van der Waals surface area contributed by atoms with Gasteiger partial charge in [0, 0.05) is 16.4 Å². The number of halogens is 1. The molecule has 4 nitrogen and oxygen atoms in total. The van der Waals surface area contributed by atoms with Crippen molar-refractivity contribution in [2.75, 3.05) is 20.3 Å². The van der Waals surface area contributed by atoms with Crippen LogP contribution in [-0.4, -0.2) is 26.2 Å². The van der Waals surface area contributed by atoms with Gasteiger partial charge in [-0.1, -0.05) is 48.0 Å². The average Bonchev–Trinajstić information content (AvgIpc) is 2.59. The molecular weight excluding hydrogens is 382 g/mol. The molecule has 0 aliphatic rings. The van der Waals surface area contributed by atoms with E-state index in [0.29, 0.717) is 18.0 Å². The summed E-state index contributed by atoms with van der Waals surface area (Å²) in [5, 5.41) is 2.94. The van der Waals surface area contributed by atoms with Gasteiger partial charge in [-0.3, -0.25) is 4.79 Å². The van der Waals surface area contributed by atoms with E-state index in [1.165, 1.54) is 0 Å². The van der Waals surface area contributed by atoms with Crippen LogP contribution < -0.4 is 14.8 Å². The first-order chi connectivity index (χ1) is 11.8. The zero-order valence-corrected chi connectivity index (χ0v) is 16.6. The van der Waals surface area contributed by atoms with Crippen LogP contribution in [0, 0.1) is 6.92 Å². The van der Waals surface area contributed by atoms with Crippen LogP contribution in [0.1, 0.15) is 25.0 Å². The summed E-state index contributed by atoms with van der Waals surface area (Å²) in [7, 11) is 1.59. The van der Waals surface area contributed by atoms with Gasteiger partial charge in [0.25, 0.3) is 5.91 Å². The van der Waals surface area contributed by atoms with E-state index in [4.69, 9.17) is 9.47 Å². The van der Waals surface area contributed by atoms with Crippen molar-refractivity contribution in [1.82, 2.24) is 5.32 Å². The highest BCUT2D eigenvalue weighted by atomic mass is 79.9. The highest BCUT2D eigenvalue weighted by Gasteiger charge is 2.21. The second-order valence-corrected chi connectivity index (χ2v) is 7.53. The lowest BCUT2D eigenvalue weighted by Crippen LogP contribution is -2.38. The number of methoxy groups -OCH3 is 1. The van der Waals surface area contributed by atoms with E-state index < -0.39 is 0 Å². The summed E-state index contributed by atoms with van der Waals surface area (Å²) in [6, 6.07) is 13.7. The molecule has 0 bridgehead atoms. The van der Waals surface area contributed by atoms with Crippen molar-refractivity contribution in [1.29, 1.82) is 0 Å². The Morgan fingerprint density at radius 2 is 1.80 bits per heavy atom. The average molecular weight is 406 g/mol. The zero-order chi connectivity index (χ0) is 18.4. The fraction of sp³-hybridized carbons (Fsp3) is 0.350. The van der Waals surface area contributed by atoms with Crippen LogP contribution in [0.2, 0.25) is 0 Å². The minimum absolute atomic E-state index is 0.0458. The molecule has 0 aliphatic heterocycles. The molecule has 25 heavy (non-hydrogen) atoms. The lowest BCUT2D eigenvalue weighted by molar-refractivity contribution is -0.123. The lowest BCUT2D eigenvalue weighted by atomic mass is 9.84. The molecule has 0 heterocycles. The van der Waals surface area contributed by atoms with Gasteiger partial charge in [0.1, 0.15) is 0 Å². The number of rotatable bonds is 7. The smallest absolute Gasteiger partial charge is 0.257 e. The molecule has 134 valence electrons. The molecular formula is C20H24BrNO3. The van der Waals surface area contributed by atoms with E-state index in [2.05, 4.69) is 47.2 Å². The molecule has 1 N–H and O–H groups in total. The summed E-state index contributed by atoms with van der Waals surface area (Å²) in [4.78, 5) is 12.1. The van der Waals surface area contributed by atoms with Gasteiger partial charge < -0.3 is 14.8 Å². The zero-order valence-electron chi connectivity index (χ0n) is 15.1. The van der Waals surface area contributed by atoms with Crippen molar-refractivity contribution >= 4 is 21.8 Å². The summed E-state index contributed by atoms with van der Waals surface area (Å²) in [5.74, 6) is 1.03. The molecule has 0 aromatic heterocycles. The summed E-state index contributed by atoms with van der Waals surface area (Å²) < 4.78 is 11.9. The maximum Gasteiger partial charge on any atom is 0.257 e. The highest BCUT2D eigenvalue weighted by molar-refractivity contribution is 9.10. The summed E-state index contributed by atoms with van der Waals surface area (Å²) in [6.07, 6.45) is 0. The van der Waals surface area contributed by atoms with Crippen molar-refractivity contribution in [2.24, 2.45) is 0 Å². The summed E-state index contributed by atoms with van der Waals surface area (Å²) in [6.45, 7) is 6.65. The van der Waals surface area contributed by atoms with E-state index in [9.17, 15) is 4.79 Å². The molecule has 0 fully saturated rings. The normalized spacial score (nSPS) is 11.1. The van der Waals surface area contributed by atoms with E-state index in [0.717, 1.165) is 15.6 Å². The number of hydrogen-bond donors (Lipinski definition) is 1. The van der Waals surface area contributed by atoms with Crippen molar-refractivity contribution in [3.8, 4) is 11.5 Å². The predicted octanol–water partition coefficient (Wildman–Crippen LogP) is 4.24. The van der Waals surface area contributed by atoms with Crippen LogP contribution in [0.5, 0.6) is 11.5 Å². The highest BCUT2D eigenvalue weighted by Crippen LogP contribution is 2.27. The second kappa shape index (κ2) is 8.39. The number of ether oxygens (including phenoxy) is 2. The Balaban J connectivity index is 1.89. The Hall–Kier alpha value is -2.01. The van der Waals surface area contributed by atoms with Gasteiger partial charge in [0.15, 0.2) is 18.1 Å². The van der Waals surface area contributed by atoms with Crippen LogP contribution in [0.15, 0.2) is 46.9 Å². The monoisotopic (exact) mass is 405 g/mol. The minimum atomic E-state index is -0.169. The quantitative estimate of drug-likeness (QED) is 0.749. The standard InChI is InChI=1S/C20H24BrNO3/c1-14-5-10-17(18(11-14)24-4)25-12-19(23)22-13-20(2,3)15-6-8-16(21)9-7-15/h5-11H,12-13H2,1-4H3,(H,22,23). The number of carbonyl (C=O) groups excluding carboxylic acids is 1. The number of amides is 1. The molecule has 2 rings (SSSR count). The Morgan fingerprint density at radius 1 is 1.12 bits per heavy atom.